The highest BCUT2D eigenvalue weighted by Crippen LogP contribution is 2.40. The monoisotopic (exact) mass is 664 g/mol. The smallest absolute Gasteiger partial charge is 0.415 e. The number of para-hydroxylation sites is 1. The van der Waals surface area contributed by atoms with Crippen LogP contribution in [0.25, 0.3) is 0 Å². The molecule has 2 aliphatic heterocycles. The Morgan fingerprint density at radius 3 is 2.29 bits per heavy atom. The van der Waals surface area contributed by atoms with E-state index in [1.807, 2.05) is 45.9 Å². The lowest BCUT2D eigenvalue weighted by Crippen LogP contribution is -2.57. The van der Waals surface area contributed by atoms with E-state index in [0.717, 1.165) is 38.5 Å². The molecule has 4 fully saturated rings. The summed E-state index contributed by atoms with van der Waals surface area (Å²) >= 11 is 0. The van der Waals surface area contributed by atoms with Crippen molar-refractivity contribution in [1.29, 1.82) is 0 Å². The van der Waals surface area contributed by atoms with Crippen molar-refractivity contribution in [2.75, 3.05) is 18.0 Å². The second-order valence-corrected chi connectivity index (χ2v) is 15.5. The first-order valence-corrected chi connectivity index (χ1v) is 17.8. The molecule has 11 heteroatoms. The van der Waals surface area contributed by atoms with Crippen molar-refractivity contribution < 1.29 is 33.5 Å². The van der Waals surface area contributed by atoms with Gasteiger partial charge in [-0.1, -0.05) is 71.6 Å². The van der Waals surface area contributed by atoms with Crippen LogP contribution >= 0.6 is 0 Å². The lowest BCUT2D eigenvalue weighted by atomic mass is 9.84. The Morgan fingerprint density at radius 2 is 1.67 bits per heavy atom. The van der Waals surface area contributed by atoms with E-state index < -0.39 is 52.7 Å². The Labute approximate surface area is 283 Å². The second-order valence-electron chi connectivity index (χ2n) is 15.5. The normalized spacial score (nSPS) is 24.2. The predicted octanol–water partition coefficient (Wildman–Crippen LogP) is 4.71. The van der Waals surface area contributed by atoms with Crippen molar-refractivity contribution >= 4 is 41.1 Å². The van der Waals surface area contributed by atoms with E-state index in [2.05, 4.69) is 10.6 Å². The van der Waals surface area contributed by atoms with Crippen LogP contribution in [-0.2, 0) is 28.7 Å². The third-order valence-electron chi connectivity index (χ3n) is 10.3. The van der Waals surface area contributed by atoms with Crippen LogP contribution in [0.1, 0.15) is 105 Å². The lowest BCUT2D eigenvalue weighted by molar-refractivity contribution is -0.145. The number of hydrogen-bond donors (Lipinski definition) is 2. The van der Waals surface area contributed by atoms with Gasteiger partial charge < -0.3 is 20.3 Å². The summed E-state index contributed by atoms with van der Waals surface area (Å²) in [6.07, 6.45) is 7.61. The van der Waals surface area contributed by atoms with Crippen molar-refractivity contribution in [1.82, 2.24) is 15.5 Å². The van der Waals surface area contributed by atoms with Crippen molar-refractivity contribution in [3.63, 3.8) is 0 Å². The van der Waals surface area contributed by atoms with Crippen LogP contribution < -0.4 is 15.5 Å². The summed E-state index contributed by atoms with van der Waals surface area (Å²) in [4.78, 5) is 84.2. The summed E-state index contributed by atoms with van der Waals surface area (Å²) in [6.45, 7) is 7.63. The quantitative estimate of drug-likeness (QED) is 0.291. The molecular weight excluding hydrogens is 612 g/mol. The molecule has 2 aliphatic carbocycles. The first-order chi connectivity index (χ1) is 22.8. The zero-order valence-corrected chi connectivity index (χ0v) is 28.9. The number of ether oxygens (including phenoxy) is 1. The van der Waals surface area contributed by atoms with E-state index in [-0.39, 0.29) is 49.6 Å². The highest BCUT2D eigenvalue weighted by molar-refractivity contribution is 6.37. The standard InChI is InChI=1S/C37H52N4O7/c1-5-12-25(31(44)33(45)38-26-17-18-26)20-29(42)28-21-37(22-40(35(47)48-37)27-15-10-7-11-16-27)23-41(28)34(46)32(36(2,3)4)39-30(43)19-24-13-8-6-9-14-24/h7,10-11,15-16,24-26,28,32H,5-6,8-9,12-14,17-23H2,1-4H3,(H,38,45)(H,39,43)/t25-,28+,32-,37-/m1/s1. The minimum Gasteiger partial charge on any atom is -0.439 e. The maximum atomic E-state index is 14.6. The highest BCUT2D eigenvalue weighted by atomic mass is 16.6. The molecule has 2 N–H and O–H groups in total. The van der Waals surface area contributed by atoms with Gasteiger partial charge in [0.2, 0.25) is 17.6 Å². The van der Waals surface area contributed by atoms with Crippen molar-refractivity contribution in [2.45, 2.75) is 128 Å². The molecule has 262 valence electrons. The number of nitrogens with one attached hydrogen (secondary N) is 2. The third kappa shape index (κ3) is 8.44. The number of carbonyl (C=O) groups is 6. The number of carbonyl (C=O) groups excluding carboxylic acids is 6. The molecule has 0 unspecified atom stereocenters. The minimum atomic E-state index is -1.16. The molecule has 1 aromatic carbocycles. The van der Waals surface area contributed by atoms with E-state index in [1.165, 1.54) is 16.2 Å². The zero-order valence-electron chi connectivity index (χ0n) is 28.9. The summed E-state index contributed by atoms with van der Waals surface area (Å²) in [5.74, 6) is -2.80. The fourth-order valence-corrected chi connectivity index (χ4v) is 7.50. The Hall–Kier alpha value is -3.76. The number of rotatable bonds is 13. The SMILES string of the molecule is CCC[C@H](CC(=O)[C@@H]1C[C@@]2(CN(c3ccccc3)C(=O)O2)CN1C(=O)[C@@H](NC(=O)CC1CCCCC1)C(C)(C)C)C(=O)C(=O)NC1CC1. The van der Waals surface area contributed by atoms with Gasteiger partial charge in [0, 0.05) is 36.9 Å². The minimum absolute atomic E-state index is 0.00880. The number of likely N-dealkylation sites (tertiary alicyclic amines) is 1. The molecule has 4 atom stereocenters. The summed E-state index contributed by atoms with van der Waals surface area (Å²) in [6, 6.07) is 7.15. The number of hydrogen-bond acceptors (Lipinski definition) is 7. The first kappa shape index (κ1) is 35.5. The molecule has 2 heterocycles. The Morgan fingerprint density at radius 1 is 0.979 bits per heavy atom. The zero-order chi connectivity index (χ0) is 34.6. The van der Waals surface area contributed by atoms with E-state index in [1.54, 1.807) is 12.1 Å². The molecule has 1 spiro atoms. The van der Waals surface area contributed by atoms with Gasteiger partial charge in [0.05, 0.1) is 19.1 Å². The lowest BCUT2D eigenvalue weighted by Gasteiger charge is -2.36. The molecule has 11 nitrogen and oxygen atoms in total. The summed E-state index contributed by atoms with van der Waals surface area (Å²) in [5, 5.41) is 5.75. The highest BCUT2D eigenvalue weighted by Gasteiger charge is 2.57. The summed E-state index contributed by atoms with van der Waals surface area (Å²) in [5.41, 5.74) is -1.21. The van der Waals surface area contributed by atoms with Gasteiger partial charge in [-0.05, 0) is 55.6 Å². The van der Waals surface area contributed by atoms with Gasteiger partial charge >= 0.3 is 6.09 Å². The molecule has 4 aliphatic rings. The second kappa shape index (κ2) is 14.8. The fourth-order valence-electron chi connectivity index (χ4n) is 7.50. The molecule has 5 rings (SSSR count). The van der Waals surface area contributed by atoms with Crippen molar-refractivity contribution in [3.8, 4) is 0 Å². The van der Waals surface area contributed by atoms with E-state index in [0.29, 0.717) is 24.9 Å². The first-order valence-electron chi connectivity index (χ1n) is 17.8. The number of ketones is 2. The number of anilines is 1. The summed E-state index contributed by atoms with van der Waals surface area (Å²) < 4.78 is 6.00. The van der Waals surface area contributed by atoms with Gasteiger partial charge in [-0.25, -0.2) is 4.79 Å². The van der Waals surface area contributed by atoms with Crippen molar-refractivity contribution in [3.05, 3.63) is 30.3 Å². The Bertz CT molecular complexity index is 1380. The molecule has 0 bridgehead atoms. The molecule has 48 heavy (non-hydrogen) atoms. The Balaban J connectivity index is 1.40. The molecule has 0 radical (unpaired) electrons. The molecule has 0 aromatic heterocycles. The van der Waals surface area contributed by atoms with Crippen LogP contribution in [0.4, 0.5) is 10.5 Å². The van der Waals surface area contributed by atoms with Gasteiger partial charge in [0.1, 0.15) is 6.04 Å². The van der Waals surface area contributed by atoms with Gasteiger partial charge in [-0.15, -0.1) is 0 Å². The largest absolute Gasteiger partial charge is 0.439 e. The molecule has 2 saturated carbocycles. The molecule has 4 amide bonds. The maximum Gasteiger partial charge on any atom is 0.415 e. The van der Waals surface area contributed by atoms with Crippen LogP contribution in [0.15, 0.2) is 30.3 Å². The van der Waals surface area contributed by atoms with E-state index in [9.17, 15) is 28.8 Å². The van der Waals surface area contributed by atoms with Gasteiger partial charge in [0.25, 0.3) is 5.91 Å². The number of Topliss-reactive ketones (excluding diaryl/α,β-unsaturated/α-hetero) is 2. The number of nitrogens with zero attached hydrogens (tertiary/aromatic N) is 2. The van der Waals surface area contributed by atoms with Crippen LogP contribution in [0, 0.1) is 17.3 Å². The van der Waals surface area contributed by atoms with Gasteiger partial charge in [-0.2, -0.15) is 0 Å². The maximum absolute atomic E-state index is 14.6. The van der Waals surface area contributed by atoms with Crippen LogP contribution in [0.2, 0.25) is 0 Å². The summed E-state index contributed by atoms with van der Waals surface area (Å²) in [7, 11) is 0. The average Bonchev–Trinajstić information content (AvgIpc) is 3.70. The van der Waals surface area contributed by atoms with E-state index in [4.69, 9.17) is 4.74 Å². The molecule has 2 saturated heterocycles. The number of amides is 4. The predicted molar refractivity (Wildman–Crippen MR) is 180 cm³/mol. The van der Waals surface area contributed by atoms with Crippen molar-refractivity contribution in [2.24, 2.45) is 17.3 Å². The topological polar surface area (TPSA) is 142 Å². The van der Waals surface area contributed by atoms with Gasteiger partial charge in [-0.3, -0.25) is 28.9 Å². The third-order valence-corrected chi connectivity index (χ3v) is 10.3. The van der Waals surface area contributed by atoms with Crippen LogP contribution in [0.5, 0.6) is 0 Å². The van der Waals surface area contributed by atoms with E-state index >= 15 is 0 Å². The molecule has 1 aromatic rings. The fraction of sp³-hybridized carbons (Fsp3) is 0.676. The molecular formula is C37H52N4O7. The van der Waals surface area contributed by atoms with Crippen LogP contribution in [-0.4, -0.2) is 77.1 Å². The average molecular weight is 665 g/mol. The van der Waals surface area contributed by atoms with Crippen LogP contribution in [0.3, 0.4) is 0 Å². The van der Waals surface area contributed by atoms with Gasteiger partial charge in [0.15, 0.2) is 11.4 Å². The number of benzene rings is 1. The Kier molecular flexibility index (Phi) is 10.9.